The van der Waals surface area contributed by atoms with Crippen LogP contribution in [0, 0.1) is 10.1 Å². The molecule has 0 fully saturated rings. The van der Waals surface area contributed by atoms with Crippen molar-refractivity contribution in [2.45, 2.75) is 18.1 Å². The van der Waals surface area contributed by atoms with Gasteiger partial charge in [0.1, 0.15) is 6.04 Å². The summed E-state index contributed by atoms with van der Waals surface area (Å²) in [7, 11) is 0. The molecule has 21 heavy (non-hydrogen) atoms. The summed E-state index contributed by atoms with van der Waals surface area (Å²) in [6.07, 6.45) is -5.98. The molecule has 1 aromatic carbocycles. The Labute approximate surface area is 119 Å². The Balaban J connectivity index is 0.00000400. The molecule has 0 aliphatic heterocycles. The number of rotatable bonds is 3. The lowest BCUT2D eigenvalue weighted by Crippen LogP contribution is -2.45. The molecule has 0 amide bonds. The fraction of sp³-hybridized carbons (Fsp3) is 0.333. The fourth-order valence-corrected chi connectivity index (χ4v) is 1.33. The number of phenols is 2. The van der Waals surface area contributed by atoms with Gasteiger partial charge in [-0.05, 0) is 11.6 Å². The first-order valence-corrected chi connectivity index (χ1v) is 4.80. The van der Waals surface area contributed by atoms with Crippen molar-refractivity contribution < 1.29 is 37.1 Å². The van der Waals surface area contributed by atoms with Gasteiger partial charge in [-0.1, -0.05) is 0 Å². The second-order valence-electron chi connectivity index (χ2n) is 3.76. The summed E-state index contributed by atoms with van der Waals surface area (Å²) in [5.74, 6) is -7.87. The van der Waals surface area contributed by atoms with Gasteiger partial charge >= 0.3 is 17.8 Å². The largest absolute Gasteiger partial charge is 0.504 e. The SMILES string of the molecule is Cl.N[C@@H](c1cc(O)c(O)c([N+](=O)[O-])c1)C(F)(F)C(F)(F)F. The minimum Gasteiger partial charge on any atom is -0.504 e. The highest BCUT2D eigenvalue weighted by Crippen LogP contribution is 2.46. The second kappa shape index (κ2) is 5.85. The van der Waals surface area contributed by atoms with Gasteiger partial charge in [0.25, 0.3) is 0 Å². The maximum Gasteiger partial charge on any atom is 0.455 e. The van der Waals surface area contributed by atoms with Gasteiger partial charge in [0.2, 0.25) is 5.75 Å². The van der Waals surface area contributed by atoms with Crippen LogP contribution in [0.3, 0.4) is 0 Å². The molecule has 1 atom stereocenters. The van der Waals surface area contributed by atoms with E-state index in [0.717, 1.165) is 0 Å². The Morgan fingerprint density at radius 1 is 1.19 bits per heavy atom. The van der Waals surface area contributed by atoms with Crippen molar-refractivity contribution in [3.8, 4) is 11.5 Å². The number of hydrogen-bond acceptors (Lipinski definition) is 5. The van der Waals surface area contributed by atoms with Crippen molar-refractivity contribution >= 4 is 18.1 Å². The number of alkyl halides is 5. The summed E-state index contributed by atoms with van der Waals surface area (Å²) < 4.78 is 62.4. The van der Waals surface area contributed by atoms with Crippen LogP contribution in [0.2, 0.25) is 0 Å². The quantitative estimate of drug-likeness (QED) is 0.340. The molecule has 4 N–H and O–H groups in total. The van der Waals surface area contributed by atoms with Crippen LogP contribution in [0.25, 0.3) is 0 Å². The van der Waals surface area contributed by atoms with E-state index in [2.05, 4.69) is 0 Å². The molecule has 0 saturated heterocycles. The van der Waals surface area contributed by atoms with E-state index in [0.29, 0.717) is 6.07 Å². The molecule has 0 aromatic heterocycles. The Morgan fingerprint density at radius 3 is 2.05 bits per heavy atom. The predicted molar refractivity (Wildman–Crippen MR) is 61.6 cm³/mol. The van der Waals surface area contributed by atoms with Crippen molar-refractivity contribution in [1.29, 1.82) is 0 Å². The van der Waals surface area contributed by atoms with E-state index in [-0.39, 0.29) is 18.5 Å². The number of nitrogens with zero attached hydrogens (tertiary/aromatic N) is 1. The van der Waals surface area contributed by atoms with E-state index >= 15 is 0 Å². The minimum absolute atomic E-state index is 0. The Kier molecular flexibility index (Phi) is 5.33. The van der Waals surface area contributed by atoms with Crippen LogP contribution >= 0.6 is 12.4 Å². The highest BCUT2D eigenvalue weighted by atomic mass is 35.5. The lowest BCUT2D eigenvalue weighted by atomic mass is 9.99. The van der Waals surface area contributed by atoms with Crippen LogP contribution in [0.5, 0.6) is 11.5 Å². The van der Waals surface area contributed by atoms with E-state index < -0.39 is 45.8 Å². The van der Waals surface area contributed by atoms with Crippen LogP contribution in [0.4, 0.5) is 27.6 Å². The maximum atomic E-state index is 13.0. The molecule has 0 aliphatic carbocycles. The average molecular weight is 339 g/mol. The molecule has 1 rings (SSSR count). The van der Waals surface area contributed by atoms with Crippen LogP contribution in [-0.4, -0.2) is 27.2 Å². The van der Waals surface area contributed by atoms with Crippen molar-refractivity contribution in [3.05, 3.63) is 27.8 Å². The van der Waals surface area contributed by atoms with Crippen molar-refractivity contribution in [3.63, 3.8) is 0 Å². The Hall–Kier alpha value is -1.88. The normalized spacial score (nSPS) is 13.4. The summed E-state index contributed by atoms with van der Waals surface area (Å²) in [4.78, 5) is 9.21. The number of halogens is 6. The highest BCUT2D eigenvalue weighted by molar-refractivity contribution is 5.85. The van der Waals surface area contributed by atoms with Crippen LogP contribution < -0.4 is 5.73 Å². The zero-order valence-corrected chi connectivity index (χ0v) is 10.6. The van der Waals surface area contributed by atoms with E-state index in [9.17, 15) is 32.1 Å². The maximum absolute atomic E-state index is 13.0. The summed E-state index contributed by atoms with van der Waals surface area (Å²) in [6.45, 7) is 0. The second-order valence-corrected chi connectivity index (χ2v) is 3.76. The highest BCUT2D eigenvalue weighted by Gasteiger charge is 2.61. The standard InChI is InChI=1S/C9H7F5N2O4.ClH/c10-8(11,9(12,13)14)7(15)3-1-4(16(19)20)6(18)5(17)2-3;/h1-2,7,17-18H,15H2;1H/t7-;/m0./s1. The molecule has 0 radical (unpaired) electrons. The van der Waals surface area contributed by atoms with Crippen molar-refractivity contribution in [2.75, 3.05) is 0 Å². The molecule has 1 aromatic rings. The van der Waals surface area contributed by atoms with Gasteiger partial charge in [0, 0.05) is 6.07 Å². The van der Waals surface area contributed by atoms with E-state index in [4.69, 9.17) is 15.9 Å². The molecule has 0 aliphatic rings. The predicted octanol–water partition coefficient (Wildman–Crippen LogP) is 2.63. The topological polar surface area (TPSA) is 110 Å². The zero-order valence-electron chi connectivity index (χ0n) is 9.77. The Bertz CT molecular complexity index is 552. The average Bonchev–Trinajstić information content (AvgIpc) is 2.29. The molecular formula is C9H8ClF5N2O4. The molecule has 0 bridgehead atoms. The number of aromatic hydroxyl groups is 2. The fourth-order valence-electron chi connectivity index (χ4n) is 1.33. The van der Waals surface area contributed by atoms with Crippen LogP contribution in [0.1, 0.15) is 11.6 Å². The van der Waals surface area contributed by atoms with E-state index in [1.165, 1.54) is 0 Å². The molecule has 6 nitrogen and oxygen atoms in total. The van der Waals surface area contributed by atoms with Gasteiger partial charge in [-0.25, -0.2) is 0 Å². The Morgan fingerprint density at radius 2 is 1.67 bits per heavy atom. The number of nitro groups is 1. The molecule has 0 spiro atoms. The third-order valence-corrected chi connectivity index (χ3v) is 2.42. The van der Waals surface area contributed by atoms with Gasteiger partial charge in [0.05, 0.1) is 4.92 Å². The molecule has 12 heteroatoms. The molecular weight excluding hydrogens is 331 g/mol. The summed E-state index contributed by atoms with van der Waals surface area (Å²) in [6, 6.07) is -2.45. The molecule has 0 heterocycles. The summed E-state index contributed by atoms with van der Waals surface area (Å²) >= 11 is 0. The van der Waals surface area contributed by atoms with Gasteiger partial charge in [-0.3, -0.25) is 10.1 Å². The first kappa shape index (κ1) is 19.1. The molecule has 120 valence electrons. The number of phenolic OH excluding ortho intramolecular Hbond substituents is 2. The monoisotopic (exact) mass is 338 g/mol. The first-order valence-electron chi connectivity index (χ1n) is 4.80. The van der Waals surface area contributed by atoms with Crippen molar-refractivity contribution in [2.24, 2.45) is 5.73 Å². The zero-order chi connectivity index (χ0) is 15.9. The van der Waals surface area contributed by atoms with Gasteiger partial charge in [-0.2, -0.15) is 22.0 Å². The smallest absolute Gasteiger partial charge is 0.455 e. The minimum atomic E-state index is -5.98. The number of nitro benzene ring substituents is 1. The van der Waals surface area contributed by atoms with Crippen molar-refractivity contribution in [1.82, 2.24) is 0 Å². The van der Waals surface area contributed by atoms with E-state index in [1.54, 1.807) is 0 Å². The number of benzene rings is 1. The number of hydrogen-bond donors (Lipinski definition) is 3. The molecule has 0 unspecified atom stereocenters. The third kappa shape index (κ3) is 3.42. The lowest BCUT2D eigenvalue weighted by molar-refractivity contribution is -0.386. The van der Waals surface area contributed by atoms with Gasteiger partial charge < -0.3 is 15.9 Å². The summed E-state index contributed by atoms with van der Waals surface area (Å²) in [5, 5.41) is 28.7. The van der Waals surface area contributed by atoms with Crippen LogP contribution in [-0.2, 0) is 0 Å². The van der Waals surface area contributed by atoms with Gasteiger partial charge in [-0.15, -0.1) is 12.4 Å². The third-order valence-electron chi connectivity index (χ3n) is 2.42. The van der Waals surface area contributed by atoms with Gasteiger partial charge in [0.15, 0.2) is 5.75 Å². The first-order chi connectivity index (χ1) is 8.89. The van der Waals surface area contributed by atoms with Crippen LogP contribution in [0.15, 0.2) is 12.1 Å². The number of nitrogens with two attached hydrogens (primary N) is 1. The summed E-state index contributed by atoms with van der Waals surface area (Å²) in [5.41, 5.74) is 2.47. The molecule has 0 saturated carbocycles. The lowest BCUT2D eigenvalue weighted by Gasteiger charge is -2.25. The van der Waals surface area contributed by atoms with E-state index in [1.807, 2.05) is 0 Å².